The first kappa shape index (κ1) is 11.3. The van der Waals surface area contributed by atoms with E-state index in [1.807, 2.05) is 7.85 Å². The lowest BCUT2D eigenvalue weighted by Gasteiger charge is -2.07. The number of alkyl halides is 1. The molecule has 0 aliphatic carbocycles. The van der Waals surface area contributed by atoms with E-state index in [0.717, 1.165) is 0 Å². The van der Waals surface area contributed by atoms with E-state index in [4.69, 9.17) is 11.6 Å². The largest absolute Gasteiger partial charge is 0.295 e. The Morgan fingerprint density at radius 3 is 2.50 bits per heavy atom. The number of carbonyl (C=O) groups is 1. The maximum atomic E-state index is 12.6. The SMILES string of the molecule is BC(CCCl)C(=O)c1ccc(F)cc1. The molecule has 0 spiro atoms. The Kier molecular flexibility index (Phi) is 4.14. The second-order valence-electron chi connectivity index (χ2n) is 3.25. The first-order valence-corrected chi connectivity index (χ1v) is 5.04. The van der Waals surface area contributed by atoms with Crippen molar-refractivity contribution in [2.75, 3.05) is 5.88 Å². The highest BCUT2D eigenvalue weighted by Crippen LogP contribution is 2.15. The minimum atomic E-state index is -0.327. The lowest BCUT2D eigenvalue weighted by Crippen LogP contribution is -2.09. The third-order valence-electron chi connectivity index (χ3n) is 2.12. The monoisotopic (exact) mass is 212 g/mol. The fourth-order valence-corrected chi connectivity index (χ4v) is 1.52. The van der Waals surface area contributed by atoms with Crippen LogP contribution >= 0.6 is 11.6 Å². The van der Waals surface area contributed by atoms with Gasteiger partial charge in [-0.25, -0.2) is 4.39 Å². The van der Waals surface area contributed by atoms with Crippen LogP contribution in [0.3, 0.4) is 0 Å². The number of hydrogen-bond donors (Lipinski definition) is 0. The summed E-state index contributed by atoms with van der Waals surface area (Å²) < 4.78 is 12.6. The van der Waals surface area contributed by atoms with Crippen LogP contribution in [0.2, 0.25) is 5.82 Å². The van der Waals surface area contributed by atoms with Gasteiger partial charge in [0.05, 0.1) is 0 Å². The lowest BCUT2D eigenvalue weighted by atomic mass is 9.79. The highest BCUT2D eigenvalue weighted by atomic mass is 35.5. The van der Waals surface area contributed by atoms with E-state index in [9.17, 15) is 9.18 Å². The lowest BCUT2D eigenvalue weighted by molar-refractivity contribution is 0.0982. The van der Waals surface area contributed by atoms with Gasteiger partial charge in [0.15, 0.2) is 5.78 Å². The van der Waals surface area contributed by atoms with E-state index in [2.05, 4.69) is 0 Å². The number of benzene rings is 1. The van der Waals surface area contributed by atoms with Gasteiger partial charge in [-0.2, -0.15) is 0 Å². The fraction of sp³-hybridized carbons (Fsp3) is 0.300. The van der Waals surface area contributed by atoms with Gasteiger partial charge >= 0.3 is 0 Å². The summed E-state index contributed by atoms with van der Waals surface area (Å²) >= 11 is 5.54. The van der Waals surface area contributed by atoms with Crippen molar-refractivity contribution in [1.29, 1.82) is 0 Å². The molecule has 0 aliphatic rings. The summed E-state index contributed by atoms with van der Waals surface area (Å²) in [4.78, 5) is 11.7. The Labute approximate surface area is 88.7 Å². The highest BCUT2D eigenvalue weighted by molar-refractivity contribution is 6.28. The number of rotatable bonds is 4. The van der Waals surface area contributed by atoms with Crippen molar-refractivity contribution < 1.29 is 9.18 Å². The average molecular weight is 212 g/mol. The van der Waals surface area contributed by atoms with Crippen LogP contribution in [0.15, 0.2) is 24.3 Å². The summed E-state index contributed by atoms with van der Waals surface area (Å²) in [6, 6.07) is 5.59. The average Bonchev–Trinajstić information content (AvgIpc) is 2.18. The topological polar surface area (TPSA) is 17.1 Å². The predicted octanol–water partition coefficient (Wildman–Crippen LogP) is 2.06. The summed E-state index contributed by atoms with van der Waals surface area (Å²) in [5.74, 6) is 0.0591. The zero-order valence-electron chi connectivity index (χ0n) is 7.97. The molecule has 1 aromatic carbocycles. The van der Waals surface area contributed by atoms with Crippen LogP contribution in [-0.2, 0) is 0 Å². The maximum absolute atomic E-state index is 12.6. The van der Waals surface area contributed by atoms with Crippen molar-refractivity contribution in [3.05, 3.63) is 35.6 Å². The van der Waals surface area contributed by atoms with E-state index in [1.165, 1.54) is 24.3 Å². The number of ketones is 1. The van der Waals surface area contributed by atoms with E-state index in [1.54, 1.807) is 0 Å². The first-order valence-electron chi connectivity index (χ1n) is 4.51. The molecular formula is C10H11BClFO. The van der Waals surface area contributed by atoms with Gasteiger partial charge in [0.2, 0.25) is 0 Å². The molecule has 74 valence electrons. The molecule has 4 heteroatoms. The quantitative estimate of drug-likeness (QED) is 0.424. The Balaban J connectivity index is 2.74. The molecule has 0 saturated carbocycles. The van der Waals surface area contributed by atoms with Gasteiger partial charge in [-0.05, 0) is 36.5 Å². The molecule has 0 N–H and O–H groups in total. The minimum absolute atomic E-state index is 0.0191. The molecule has 1 unspecified atom stereocenters. The molecule has 0 heterocycles. The second kappa shape index (κ2) is 5.15. The standard InChI is InChI=1S/C10H11BClFO/c11-9(5-6-12)10(14)7-1-3-8(13)4-2-7/h1-4,9H,5-6,11H2. The number of hydrogen-bond acceptors (Lipinski definition) is 1. The molecule has 0 amide bonds. The van der Waals surface area contributed by atoms with Gasteiger partial charge in [0.25, 0.3) is 0 Å². The van der Waals surface area contributed by atoms with Gasteiger partial charge in [-0.3, -0.25) is 4.79 Å². The second-order valence-corrected chi connectivity index (χ2v) is 3.63. The molecule has 0 bridgehead atoms. The van der Waals surface area contributed by atoms with Crippen LogP contribution in [0.5, 0.6) is 0 Å². The number of Topliss-reactive ketones (excluding diaryl/α,β-unsaturated/α-hetero) is 1. The van der Waals surface area contributed by atoms with Crippen molar-refractivity contribution in [2.45, 2.75) is 12.2 Å². The number of carbonyl (C=O) groups excluding carboxylic acids is 1. The summed E-state index contributed by atoms with van der Waals surface area (Å²) in [6.07, 6.45) is 0.651. The summed E-state index contributed by atoms with van der Waals surface area (Å²) in [5, 5.41) is 0. The molecule has 0 aliphatic heterocycles. The third kappa shape index (κ3) is 2.84. The summed E-state index contributed by atoms with van der Waals surface area (Å²) in [6.45, 7) is 0. The van der Waals surface area contributed by atoms with Gasteiger partial charge in [0, 0.05) is 11.4 Å². The first-order chi connectivity index (χ1) is 6.65. The normalized spacial score (nSPS) is 12.4. The summed E-state index contributed by atoms with van der Waals surface area (Å²) in [5.41, 5.74) is 0.545. The van der Waals surface area contributed by atoms with Gasteiger partial charge in [-0.1, -0.05) is 0 Å². The van der Waals surface area contributed by atoms with E-state index in [-0.39, 0.29) is 17.4 Å². The third-order valence-corrected chi connectivity index (χ3v) is 2.34. The van der Waals surface area contributed by atoms with Crippen molar-refractivity contribution >= 4 is 25.2 Å². The molecule has 0 fully saturated rings. The van der Waals surface area contributed by atoms with Gasteiger partial charge < -0.3 is 0 Å². The van der Waals surface area contributed by atoms with Crippen LogP contribution < -0.4 is 0 Å². The molecule has 0 radical (unpaired) electrons. The smallest absolute Gasteiger partial charge is 0.158 e. The molecule has 1 atom stereocenters. The minimum Gasteiger partial charge on any atom is -0.295 e. The molecule has 14 heavy (non-hydrogen) atoms. The number of halogens is 2. The highest BCUT2D eigenvalue weighted by Gasteiger charge is 2.14. The van der Waals surface area contributed by atoms with Crippen molar-refractivity contribution in [1.82, 2.24) is 0 Å². The Morgan fingerprint density at radius 2 is 2.00 bits per heavy atom. The van der Waals surface area contributed by atoms with Crippen LogP contribution in [0.1, 0.15) is 16.8 Å². The van der Waals surface area contributed by atoms with Crippen LogP contribution in [0.25, 0.3) is 0 Å². The predicted molar refractivity (Wildman–Crippen MR) is 58.4 cm³/mol. The molecule has 0 saturated heterocycles. The van der Waals surface area contributed by atoms with Gasteiger partial charge in [-0.15, -0.1) is 11.6 Å². The molecular weight excluding hydrogens is 201 g/mol. The Morgan fingerprint density at radius 1 is 1.43 bits per heavy atom. The van der Waals surface area contributed by atoms with E-state index >= 15 is 0 Å². The van der Waals surface area contributed by atoms with Crippen molar-refractivity contribution in [3.8, 4) is 0 Å². The van der Waals surface area contributed by atoms with Crippen LogP contribution in [0, 0.1) is 5.82 Å². The molecule has 1 aromatic rings. The van der Waals surface area contributed by atoms with Crippen LogP contribution in [-0.4, -0.2) is 19.5 Å². The van der Waals surface area contributed by atoms with E-state index < -0.39 is 0 Å². The molecule has 1 rings (SSSR count). The maximum Gasteiger partial charge on any atom is 0.158 e. The zero-order valence-corrected chi connectivity index (χ0v) is 8.72. The Hall–Kier alpha value is -0.825. The van der Waals surface area contributed by atoms with Crippen LogP contribution in [0.4, 0.5) is 4.39 Å². The van der Waals surface area contributed by atoms with Crippen molar-refractivity contribution in [2.24, 2.45) is 0 Å². The van der Waals surface area contributed by atoms with E-state index in [0.29, 0.717) is 17.9 Å². The molecule has 1 nitrogen and oxygen atoms in total. The summed E-state index contributed by atoms with van der Waals surface area (Å²) in [7, 11) is 1.83. The van der Waals surface area contributed by atoms with Crippen molar-refractivity contribution in [3.63, 3.8) is 0 Å². The Bertz CT molecular complexity index is 312. The van der Waals surface area contributed by atoms with Gasteiger partial charge in [0.1, 0.15) is 13.7 Å². The fourth-order valence-electron chi connectivity index (χ4n) is 1.19. The molecule has 0 aromatic heterocycles. The zero-order chi connectivity index (χ0) is 10.6.